The molecule has 0 unspecified atom stereocenters. The van der Waals surface area contributed by atoms with Crippen molar-refractivity contribution in [2.75, 3.05) is 4.90 Å². The van der Waals surface area contributed by atoms with Gasteiger partial charge in [-0.05, 0) is 48.7 Å². The smallest absolute Gasteiger partial charge is 0.259 e. The van der Waals surface area contributed by atoms with E-state index in [9.17, 15) is 9.59 Å². The number of benzene rings is 2. The molecule has 152 valence electrons. The molecule has 2 aliphatic rings. The molecule has 0 saturated heterocycles. The van der Waals surface area contributed by atoms with Crippen LogP contribution in [0.3, 0.4) is 0 Å². The molecule has 5 heteroatoms. The second-order valence-corrected chi connectivity index (χ2v) is 8.10. The second-order valence-electron chi connectivity index (χ2n) is 8.10. The van der Waals surface area contributed by atoms with Crippen LogP contribution in [0.2, 0.25) is 0 Å². The number of nitrogens with one attached hydrogen (secondary N) is 1. The summed E-state index contributed by atoms with van der Waals surface area (Å²) in [5.74, 6) is 0.205. The zero-order valence-corrected chi connectivity index (χ0v) is 16.7. The number of amides is 2. The first-order valence-corrected chi connectivity index (χ1v) is 10.5. The lowest BCUT2D eigenvalue weighted by Gasteiger charge is -2.50. The van der Waals surface area contributed by atoms with Crippen LogP contribution < -0.4 is 10.2 Å². The summed E-state index contributed by atoms with van der Waals surface area (Å²) in [6.45, 7) is 0.333. The lowest BCUT2D eigenvalue weighted by Crippen LogP contribution is -2.61. The molecule has 1 atom stereocenters. The summed E-state index contributed by atoms with van der Waals surface area (Å²) in [7, 11) is 0. The highest BCUT2D eigenvalue weighted by Crippen LogP contribution is 2.51. The molecule has 2 amide bonds. The van der Waals surface area contributed by atoms with Gasteiger partial charge in [-0.25, -0.2) is 0 Å². The molecule has 1 aromatic heterocycles. The number of hydrogen-bond acceptors (Lipinski definition) is 3. The normalized spacial score (nSPS) is 19.7. The van der Waals surface area contributed by atoms with Gasteiger partial charge in [0.25, 0.3) is 5.91 Å². The average Bonchev–Trinajstić information content (AvgIpc) is 3.46. The maximum Gasteiger partial charge on any atom is 0.259 e. The van der Waals surface area contributed by atoms with Gasteiger partial charge in [-0.2, -0.15) is 0 Å². The highest BCUT2D eigenvalue weighted by molar-refractivity contribution is 6.12. The lowest BCUT2D eigenvalue weighted by atomic mass is 9.70. The molecule has 5 rings (SSSR count). The molecule has 1 spiro atoms. The zero-order valence-electron chi connectivity index (χ0n) is 16.7. The minimum absolute atomic E-state index is 0.0196. The number of anilines is 1. The van der Waals surface area contributed by atoms with Crippen LogP contribution in [0.1, 0.15) is 53.3 Å². The van der Waals surface area contributed by atoms with Crippen molar-refractivity contribution < 1.29 is 14.0 Å². The Balaban J connectivity index is 1.61. The molecule has 0 bridgehead atoms. The van der Waals surface area contributed by atoms with Crippen molar-refractivity contribution in [3.05, 3.63) is 89.9 Å². The molecule has 3 aromatic rings. The fourth-order valence-electron chi connectivity index (χ4n) is 5.21. The number of fused-ring (bicyclic) bond motifs is 1. The van der Waals surface area contributed by atoms with E-state index in [1.165, 1.54) is 0 Å². The number of furan rings is 1. The monoisotopic (exact) mass is 400 g/mol. The molecule has 5 nitrogen and oxygen atoms in total. The van der Waals surface area contributed by atoms with E-state index in [0.717, 1.165) is 36.9 Å². The Labute approximate surface area is 175 Å². The van der Waals surface area contributed by atoms with E-state index >= 15 is 0 Å². The molecule has 1 aliphatic carbocycles. The van der Waals surface area contributed by atoms with Crippen LogP contribution in [0, 0.1) is 0 Å². The van der Waals surface area contributed by atoms with Gasteiger partial charge in [-0.15, -0.1) is 0 Å². The first-order valence-electron chi connectivity index (χ1n) is 10.5. The van der Waals surface area contributed by atoms with E-state index in [-0.39, 0.29) is 11.8 Å². The molecular formula is C25H24N2O3. The summed E-state index contributed by atoms with van der Waals surface area (Å²) in [4.78, 5) is 29.2. The number of hydrogen-bond donors (Lipinski definition) is 1. The third-order valence-corrected chi connectivity index (χ3v) is 6.45. The lowest BCUT2D eigenvalue weighted by molar-refractivity contribution is -0.124. The van der Waals surface area contributed by atoms with Gasteiger partial charge in [0.15, 0.2) is 0 Å². The first-order chi connectivity index (χ1) is 14.7. The van der Waals surface area contributed by atoms with Crippen molar-refractivity contribution in [1.82, 2.24) is 5.32 Å². The van der Waals surface area contributed by atoms with Gasteiger partial charge in [0, 0.05) is 11.3 Å². The third kappa shape index (κ3) is 2.93. The first kappa shape index (κ1) is 18.7. The summed E-state index contributed by atoms with van der Waals surface area (Å²) >= 11 is 0. The Kier molecular flexibility index (Phi) is 4.66. The Morgan fingerprint density at radius 3 is 2.47 bits per heavy atom. The largest absolute Gasteiger partial charge is 0.467 e. The van der Waals surface area contributed by atoms with Gasteiger partial charge < -0.3 is 14.6 Å². The summed E-state index contributed by atoms with van der Waals surface area (Å²) < 4.78 is 5.39. The number of rotatable bonds is 4. The fraction of sp³-hybridized carbons (Fsp3) is 0.280. The average molecular weight is 400 g/mol. The molecule has 2 heterocycles. The maximum absolute atomic E-state index is 13.7. The summed E-state index contributed by atoms with van der Waals surface area (Å²) in [5, 5.41) is 3.06. The van der Waals surface area contributed by atoms with Crippen LogP contribution in [0.25, 0.3) is 0 Å². The molecular weight excluding hydrogens is 376 g/mol. The molecule has 1 saturated carbocycles. The van der Waals surface area contributed by atoms with E-state index in [1.807, 2.05) is 71.6 Å². The van der Waals surface area contributed by atoms with Crippen molar-refractivity contribution in [3.63, 3.8) is 0 Å². The molecule has 1 aliphatic heterocycles. The van der Waals surface area contributed by atoms with Crippen molar-refractivity contribution in [3.8, 4) is 0 Å². The summed E-state index contributed by atoms with van der Waals surface area (Å²) in [5.41, 5.74) is 1.73. The predicted molar refractivity (Wildman–Crippen MR) is 114 cm³/mol. The molecule has 2 aromatic carbocycles. The number of carbonyl (C=O) groups is 2. The minimum atomic E-state index is -0.556. The van der Waals surface area contributed by atoms with Crippen molar-refractivity contribution in [2.45, 2.75) is 43.7 Å². The van der Waals surface area contributed by atoms with Crippen molar-refractivity contribution in [1.29, 1.82) is 0 Å². The number of nitrogens with zero attached hydrogens (tertiary/aromatic N) is 1. The van der Waals surface area contributed by atoms with Crippen LogP contribution >= 0.6 is 0 Å². The van der Waals surface area contributed by atoms with Gasteiger partial charge in [0.2, 0.25) is 5.91 Å². The molecule has 0 radical (unpaired) electrons. The Hall–Kier alpha value is -3.34. The molecule has 30 heavy (non-hydrogen) atoms. The van der Waals surface area contributed by atoms with E-state index in [2.05, 4.69) is 5.32 Å². The highest BCUT2D eigenvalue weighted by atomic mass is 16.3. The topological polar surface area (TPSA) is 62.6 Å². The minimum Gasteiger partial charge on any atom is -0.467 e. The van der Waals surface area contributed by atoms with Gasteiger partial charge in [0.05, 0.1) is 24.3 Å². The van der Waals surface area contributed by atoms with Crippen molar-refractivity contribution in [2.24, 2.45) is 0 Å². The maximum atomic E-state index is 13.7. The predicted octanol–water partition coefficient (Wildman–Crippen LogP) is 4.65. The Morgan fingerprint density at radius 1 is 1.00 bits per heavy atom. The Morgan fingerprint density at radius 2 is 1.73 bits per heavy atom. The quantitative estimate of drug-likeness (QED) is 0.693. The summed E-state index contributed by atoms with van der Waals surface area (Å²) in [6.07, 6.45) is 5.22. The van der Waals surface area contributed by atoms with Crippen molar-refractivity contribution >= 4 is 17.5 Å². The van der Waals surface area contributed by atoms with Gasteiger partial charge in [-0.3, -0.25) is 9.59 Å². The molecule has 1 N–H and O–H groups in total. The second kappa shape index (κ2) is 7.48. The highest BCUT2D eigenvalue weighted by Gasteiger charge is 2.56. The van der Waals surface area contributed by atoms with Crippen LogP contribution in [-0.4, -0.2) is 17.4 Å². The summed E-state index contributed by atoms with van der Waals surface area (Å²) in [6, 6.07) is 21.0. The van der Waals surface area contributed by atoms with Crippen LogP contribution in [-0.2, 0) is 11.3 Å². The molecule has 1 fully saturated rings. The standard InChI is InChI=1S/C25H24N2O3/c28-23(26-17-19-11-8-16-30-19)22-20-12-4-5-13-21(20)24(29)27(18-9-2-1-3-10-18)25(22)14-6-7-15-25/h1-5,8-13,16,22H,6-7,14-15,17H2,(H,26,28)/t22-/m1/s1. The van der Waals surface area contributed by atoms with E-state index in [1.54, 1.807) is 6.26 Å². The SMILES string of the molecule is O=C(NCc1ccco1)[C@H]1c2ccccc2C(=O)N(c2ccccc2)C12CCCC2. The van der Waals surface area contributed by atoms with Gasteiger partial charge in [0.1, 0.15) is 5.76 Å². The number of carbonyl (C=O) groups excluding carboxylic acids is 2. The zero-order chi connectivity index (χ0) is 20.6. The van der Waals surface area contributed by atoms with E-state index in [4.69, 9.17) is 4.42 Å². The van der Waals surface area contributed by atoms with E-state index < -0.39 is 11.5 Å². The van der Waals surface area contributed by atoms with Gasteiger partial charge in [-0.1, -0.05) is 49.2 Å². The number of para-hydroxylation sites is 1. The Bertz CT molecular complexity index is 1050. The fourth-order valence-corrected chi connectivity index (χ4v) is 5.21. The third-order valence-electron chi connectivity index (χ3n) is 6.45. The van der Waals surface area contributed by atoms with Crippen LogP contribution in [0.4, 0.5) is 5.69 Å². The van der Waals surface area contributed by atoms with Crippen LogP contribution in [0.5, 0.6) is 0 Å². The van der Waals surface area contributed by atoms with Crippen LogP contribution in [0.15, 0.2) is 77.4 Å². The van der Waals surface area contributed by atoms with Gasteiger partial charge >= 0.3 is 0 Å². The van der Waals surface area contributed by atoms with E-state index in [0.29, 0.717) is 17.9 Å².